The Bertz CT molecular complexity index is 356. The van der Waals surface area contributed by atoms with Crippen molar-refractivity contribution >= 4 is 35.8 Å². The molecule has 5 heteroatoms. The van der Waals surface area contributed by atoms with E-state index < -0.39 is 7.12 Å². The van der Waals surface area contributed by atoms with E-state index in [4.69, 9.17) is 33.2 Å². The lowest BCUT2D eigenvalue weighted by atomic mass is 9.79. The average molecular weight is 261 g/mol. The molecule has 0 spiro atoms. The van der Waals surface area contributed by atoms with Gasteiger partial charge in [-0.15, -0.1) is 0 Å². The van der Waals surface area contributed by atoms with Crippen molar-refractivity contribution in [2.75, 3.05) is 0 Å². The molecule has 1 rings (SSSR count). The van der Waals surface area contributed by atoms with Crippen LogP contribution >= 0.6 is 23.2 Å². The number of benzene rings is 1. The van der Waals surface area contributed by atoms with E-state index in [1.165, 1.54) is 0 Å². The third-order valence-electron chi connectivity index (χ3n) is 2.52. The van der Waals surface area contributed by atoms with Crippen LogP contribution in [-0.4, -0.2) is 17.2 Å². The Kier molecular flexibility index (Phi) is 5.63. The molecule has 0 fully saturated rings. The Morgan fingerprint density at radius 1 is 1.12 bits per heavy atom. The van der Waals surface area contributed by atoms with Gasteiger partial charge in [-0.1, -0.05) is 55.1 Å². The zero-order chi connectivity index (χ0) is 12.1. The molecule has 0 aromatic heterocycles. The lowest BCUT2D eigenvalue weighted by Gasteiger charge is -2.09. The summed E-state index contributed by atoms with van der Waals surface area (Å²) in [5, 5.41) is 18.8. The van der Waals surface area contributed by atoms with Crippen LogP contribution < -0.4 is 5.46 Å². The Labute approximate surface area is 106 Å². The SMILES string of the molecule is CCCCCc1ccc(B(O)O)c(Cl)c1Cl. The fourth-order valence-corrected chi connectivity index (χ4v) is 2.11. The van der Waals surface area contributed by atoms with E-state index in [-0.39, 0.29) is 10.5 Å². The van der Waals surface area contributed by atoms with E-state index in [0.717, 1.165) is 31.2 Å². The van der Waals surface area contributed by atoms with Gasteiger partial charge in [-0.25, -0.2) is 0 Å². The quantitative estimate of drug-likeness (QED) is 0.631. The van der Waals surface area contributed by atoms with Crippen molar-refractivity contribution in [3.63, 3.8) is 0 Å². The van der Waals surface area contributed by atoms with Crippen molar-refractivity contribution in [3.8, 4) is 0 Å². The molecule has 16 heavy (non-hydrogen) atoms. The average Bonchev–Trinajstić information content (AvgIpc) is 2.24. The highest BCUT2D eigenvalue weighted by molar-refractivity contribution is 6.64. The monoisotopic (exact) mass is 260 g/mol. The fraction of sp³-hybridized carbons (Fsp3) is 0.455. The molecule has 0 bridgehead atoms. The third kappa shape index (κ3) is 3.39. The van der Waals surface area contributed by atoms with Crippen molar-refractivity contribution < 1.29 is 10.0 Å². The summed E-state index contributed by atoms with van der Waals surface area (Å²) in [7, 11) is -1.57. The summed E-state index contributed by atoms with van der Waals surface area (Å²) in [5.41, 5.74) is 1.22. The van der Waals surface area contributed by atoms with Gasteiger partial charge in [0.15, 0.2) is 0 Å². The maximum absolute atomic E-state index is 9.05. The second-order valence-electron chi connectivity index (χ2n) is 3.77. The fourth-order valence-electron chi connectivity index (χ4n) is 1.56. The topological polar surface area (TPSA) is 40.5 Å². The maximum atomic E-state index is 9.05. The zero-order valence-corrected chi connectivity index (χ0v) is 10.7. The van der Waals surface area contributed by atoms with Gasteiger partial charge in [-0.3, -0.25) is 0 Å². The molecule has 0 atom stereocenters. The molecular weight excluding hydrogens is 246 g/mol. The third-order valence-corrected chi connectivity index (χ3v) is 3.46. The maximum Gasteiger partial charge on any atom is 0.490 e. The van der Waals surface area contributed by atoms with Gasteiger partial charge in [0.25, 0.3) is 0 Å². The van der Waals surface area contributed by atoms with Crippen molar-refractivity contribution in [3.05, 3.63) is 27.7 Å². The van der Waals surface area contributed by atoms with E-state index >= 15 is 0 Å². The van der Waals surface area contributed by atoms with Crippen LogP contribution in [0.15, 0.2) is 12.1 Å². The molecule has 0 aliphatic rings. The van der Waals surface area contributed by atoms with E-state index in [9.17, 15) is 0 Å². The van der Waals surface area contributed by atoms with Gasteiger partial charge in [0.05, 0.1) is 10.0 Å². The van der Waals surface area contributed by atoms with Gasteiger partial charge >= 0.3 is 7.12 Å². The van der Waals surface area contributed by atoms with Crippen LogP contribution in [0.4, 0.5) is 0 Å². The number of hydrogen-bond donors (Lipinski definition) is 2. The largest absolute Gasteiger partial charge is 0.490 e. The standard InChI is InChI=1S/C11H15BCl2O2/c1-2-3-4-5-8-6-7-9(12(15)16)11(14)10(8)13/h6-7,15-16H,2-5H2,1H3. The summed E-state index contributed by atoms with van der Waals surface area (Å²) in [6.45, 7) is 2.14. The summed E-state index contributed by atoms with van der Waals surface area (Å²) < 4.78 is 0. The first-order valence-corrected chi connectivity index (χ1v) is 6.16. The lowest BCUT2D eigenvalue weighted by Crippen LogP contribution is -2.31. The zero-order valence-electron chi connectivity index (χ0n) is 9.21. The Balaban J connectivity index is 2.85. The van der Waals surface area contributed by atoms with Gasteiger partial charge in [0.1, 0.15) is 0 Å². The minimum Gasteiger partial charge on any atom is -0.423 e. The van der Waals surface area contributed by atoms with Gasteiger partial charge < -0.3 is 10.0 Å². The summed E-state index contributed by atoms with van der Waals surface area (Å²) >= 11 is 12.0. The summed E-state index contributed by atoms with van der Waals surface area (Å²) in [6.07, 6.45) is 4.24. The molecule has 2 nitrogen and oxygen atoms in total. The van der Waals surface area contributed by atoms with Crippen LogP contribution in [-0.2, 0) is 6.42 Å². The number of halogens is 2. The number of aryl methyl sites for hydroxylation is 1. The van der Waals surface area contributed by atoms with Crippen molar-refractivity contribution in [2.24, 2.45) is 0 Å². The first-order valence-electron chi connectivity index (χ1n) is 5.40. The molecule has 88 valence electrons. The van der Waals surface area contributed by atoms with E-state index in [0.29, 0.717) is 5.02 Å². The first-order chi connectivity index (χ1) is 7.57. The highest BCUT2D eigenvalue weighted by Gasteiger charge is 2.18. The molecule has 0 radical (unpaired) electrons. The highest BCUT2D eigenvalue weighted by atomic mass is 35.5. The second kappa shape index (κ2) is 6.50. The first kappa shape index (κ1) is 13.8. The number of hydrogen-bond acceptors (Lipinski definition) is 2. The van der Waals surface area contributed by atoms with Gasteiger partial charge in [-0.2, -0.15) is 0 Å². The van der Waals surface area contributed by atoms with Gasteiger partial charge in [-0.05, 0) is 18.4 Å². The minimum atomic E-state index is -1.57. The molecule has 0 saturated carbocycles. The van der Waals surface area contributed by atoms with Crippen LogP contribution in [0.2, 0.25) is 10.0 Å². The lowest BCUT2D eigenvalue weighted by molar-refractivity contribution is 0.426. The van der Waals surface area contributed by atoms with E-state index in [2.05, 4.69) is 6.92 Å². The Hall–Kier alpha value is -0.215. The number of unbranched alkanes of at least 4 members (excludes halogenated alkanes) is 2. The van der Waals surface area contributed by atoms with Crippen LogP contribution in [0.1, 0.15) is 31.7 Å². The molecule has 0 aliphatic heterocycles. The molecule has 1 aromatic carbocycles. The van der Waals surface area contributed by atoms with Gasteiger partial charge in [0, 0.05) is 5.46 Å². The highest BCUT2D eigenvalue weighted by Crippen LogP contribution is 2.25. The van der Waals surface area contributed by atoms with Crippen LogP contribution in [0.25, 0.3) is 0 Å². The Morgan fingerprint density at radius 3 is 2.38 bits per heavy atom. The molecule has 0 saturated heterocycles. The van der Waals surface area contributed by atoms with Crippen molar-refractivity contribution in [1.82, 2.24) is 0 Å². The van der Waals surface area contributed by atoms with Gasteiger partial charge in [0.2, 0.25) is 0 Å². The molecule has 0 heterocycles. The van der Waals surface area contributed by atoms with E-state index in [1.54, 1.807) is 12.1 Å². The molecule has 0 unspecified atom stereocenters. The summed E-state index contributed by atoms with van der Waals surface area (Å²) in [6, 6.07) is 3.42. The number of rotatable bonds is 5. The summed E-state index contributed by atoms with van der Waals surface area (Å²) in [4.78, 5) is 0. The van der Waals surface area contributed by atoms with Crippen molar-refractivity contribution in [1.29, 1.82) is 0 Å². The normalized spacial score (nSPS) is 10.6. The van der Waals surface area contributed by atoms with E-state index in [1.807, 2.05) is 0 Å². The predicted octanol–water partition coefficient (Wildman–Crippen LogP) is 2.41. The molecule has 1 aromatic rings. The minimum absolute atomic E-state index is 0.241. The smallest absolute Gasteiger partial charge is 0.423 e. The molecule has 0 aliphatic carbocycles. The Morgan fingerprint density at radius 2 is 1.81 bits per heavy atom. The van der Waals surface area contributed by atoms with Crippen LogP contribution in [0.5, 0.6) is 0 Å². The van der Waals surface area contributed by atoms with Crippen molar-refractivity contribution in [2.45, 2.75) is 32.6 Å². The second-order valence-corrected chi connectivity index (χ2v) is 4.53. The molecule has 0 amide bonds. The molecule has 2 N–H and O–H groups in total. The predicted molar refractivity (Wildman–Crippen MR) is 69.5 cm³/mol. The summed E-state index contributed by atoms with van der Waals surface area (Å²) in [5.74, 6) is 0. The van der Waals surface area contributed by atoms with Crippen LogP contribution in [0.3, 0.4) is 0 Å². The van der Waals surface area contributed by atoms with Crippen LogP contribution in [0, 0.1) is 0 Å². The molecular formula is C11H15BCl2O2.